The second-order valence-corrected chi connectivity index (χ2v) is 3.06. The van der Waals surface area contributed by atoms with Gasteiger partial charge in [-0.1, -0.05) is 0 Å². The van der Waals surface area contributed by atoms with Gasteiger partial charge in [0.2, 0.25) is 0 Å². The van der Waals surface area contributed by atoms with Gasteiger partial charge in [0.1, 0.15) is 6.26 Å². The van der Waals surface area contributed by atoms with Crippen LogP contribution in [0.3, 0.4) is 0 Å². The summed E-state index contributed by atoms with van der Waals surface area (Å²) < 4.78 is 5.07. The molecule has 2 N–H and O–H groups in total. The first kappa shape index (κ1) is 15.0. The number of carboxylic acids is 1. The van der Waals surface area contributed by atoms with E-state index >= 15 is 0 Å². The Balaban J connectivity index is 0.00000112. The van der Waals surface area contributed by atoms with E-state index in [2.05, 4.69) is 10.3 Å². The lowest BCUT2D eigenvalue weighted by Crippen LogP contribution is -2.43. The number of anilines is 1. The normalized spacial score (nSPS) is 14.9. The van der Waals surface area contributed by atoms with Crippen LogP contribution in [0.4, 0.5) is 6.01 Å². The van der Waals surface area contributed by atoms with Gasteiger partial charge in [0, 0.05) is 26.2 Å². The fourth-order valence-corrected chi connectivity index (χ4v) is 1.36. The van der Waals surface area contributed by atoms with E-state index in [4.69, 9.17) is 9.52 Å². The molecule has 6 nitrogen and oxygen atoms in total. The molecular formula is C8H13Cl2N3O3. The number of hydrogen-bond acceptors (Lipinski definition) is 5. The van der Waals surface area contributed by atoms with Crippen molar-refractivity contribution in [2.75, 3.05) is 31.1 Å². The highest BCUT2D eigenvalue weighted by Gasteiger charge is 2.17. The number of carbonyl (C=O) groups is 1. The molecule has 0 spiro atoms. The molecule has 1 aliphatic heterocycles. The Morgan fingerprint density at radius 1 is 1.44 bits per heavy atom. The van der Waals surface area contributed by atoms with Crippen LogP contribution < -0.4 is 10.2 Å². The van der Waals surface area contributed by atoms with Crippen molar-refractivity contribution in [3.8, 4) is 0 Å². The SMILES string of the molecule is Cl.Cl.O=C(O)c1coc(N2CCNCC2)n1. The minimum absolute atomic E-state index is 0. The number of nitrogens with zero attached hydrogens (tertiary/aromatic N) is 2. The van der Waals surface area contributed by atoms with Crippen LogP contribution >= 0.6 is 24.8 Å². The van der Waals surface area contributed by atoms with Crippen molar-refractivity contribution >= 4 is 36.8 Å². The maximum atomic E-state index is 10.5. The maximum Gasteiger partial charge on any atom is 0.357 e. The van der Waals surface area contributed by atoms with E-state index < -0.39 is 5.97 Å². The zero-order chi connectivity index (χ0) is 9.97. The van der Waals surface area contributed by atoms with Crippen molar-refractivity contribution in [2.24, 2.45) is 0 Å². The molecule has 0 aromatic carbocycles. The standard InChI is InChI=1S/C8H11N3O3.2ClH/c12-7(13)6-5-14-8(10-6)11-3-1-9-2-4-11;;/h5,9H,1-4H2,(H,12,13);2*1H. The molecule has 92 valence electrons. The Labute approximate surface area is 105 Å². The van der Waals surface area contributed by atoms with E-state index in [1.54, 1.807) is 0 Å². The summed E-state index contributed by atoms with van der Waals surface area (Å²) in [5.74, 6) is -1.06. The molecule has 1 aromatic rings. The highest BCUT2D eigenvalue weighted by atomic mass is 35.5. The first-order chi connectivity index (χ1) is 6.77. The molecule has 0 aliphatic carbocycles. The van der Waals surface area contributed by atoms with Gasteiger partial charge < -0.3 is 19.7 Å². The lowest BCUT2D eigenvalue weighted by Gasteiger charge is -2.25. The van der Waals surface area contributed by atoms with Crippen molar-refractivity contribution in [2.45, 2.75) is 0 Å². The zero-order valence-corrected chi connectivity index (χ0v) is 10.0. The van der Waals surface area contributed by atoms with Gasteiger partial charge in [-0.3, -0.25) is 0 Å². The average molecular weight is 270 g/mol. The molecule has 16 heavy (non-hydrogen) atoms. The van der Waals surface area contributed by atoms with Gasteiger partial charge in [0.05, 0.1) is 0 Å². The summed E-state index contributed by atoms with van der Waals surface area (Å²) >= 11 is 0. The van der Waals surface area contributed by atoms with Crippen molar-refractivity contribution in [1.29, 1.82) is 0 Å². The van der Waals surface area contributed by atoms with Gasteiger partial charge >= 0.3 is 5.97 Å². The second-order valence-electron chi connectivity index (χ2n) is 3.06. The Bertz CT molecular complexity index is 339. The van der Waals surface area contributed by atoms with Gasteiger partial charge in [-0.15, -0.1) is 24.8 Å². The van der Waals surface area contributed by atoms with E-state index in [9.17, 15) is 4.79 Å². The second kappa shape index (κ2) is 6.57. The Hall–Kier alpha value is -0.980. The number of aromatic carboxylic acids is 1. The number of carboxylic acid groups (broad SMARTS) is 1. The fourth-order valence-electron chi connectivity index (χ4n) is 1.36. The monoisotopic (exact) mass is 269 g/mol. The first-order valence-electron chi connectivity index (χ1n) is 4.42. The molecule has 0 saturated carbocycles. The summed E-state index contributed by atoms with van der Waals surface area (Å²) in [6, 6.07) is 0.393. The number of piperazine rings is 1. The summed E-state index contributed by atoms with van der Waals surface area (Å²) in [5, 5.41) is 11.8. The van der Waals surface area contributed by atoms with Crippen LogP contribution in [0.5, 0.6) is 0 Å². The molecule has 1 aliphatic rings. The van der Waals surface area contributed by atoms with E-state index in [-0.39, 0.29) is 30.5 Å². The van der Waals surface area contributed by atoms with Crippen LogP contribution in [0.15, 0.2) is 10.7 Å². The smallest absolute Gasteiger partial charge is 0.357 e. The van der Waals surface area contributed by atoms with Crippen LogP contribution in [-0.2, 0) is 0 Å². The third-order valence-electron chi connectivity index (χ3n) is 2.10. The average Bonchev–Trinajstić information content (AvgIpc) is 2.68. The van der Waals surface area contributed by atoms with Crippen molar-refractivity contribution < 1.29 is 14.3 Å². The fraction of sp³-hybridized carbons (Fsp3) is 0.500. The number of rotatable bonds is 2. The number of oxazole rings is 1. The number of hydrogen-bond donors (Lipinski definition) is 2. The number of halogens is 2. The predicted molar refractivity (Wildman–Crippen MR) is 63.0 cm³/mol. The molecule has 1 aromatic heterocycles. The van der Waals surface area contributed by atoms with Gasteiger partial charge in [-0.25, -0.2) is 4.79 Å². The molecule has 0 bridgehead atoms. The van der Waals surface area contributed by atoms with Crippen LogP contribution in [0.1, 0.15) is 10.5 Å². The molecule has 8 heteroatoms. The van der Waals surface area contributed by atoms with Crippen LogP contribution in [0.25, 0.3) is 0 Å². The summed E-state index contributed by atoms with van der Waals surface area (Å²) in [6.45, 7) is 3.31. The van der Waals surface area contributed by atoms with Crippen LogP contribution in [0.2, 0.25) is 0 Å². The van der Waals surface area contributed by atoms with Crippen molar-refractivity contribution in [1.82, 2.24) is 10.3 Å². The quantitative estimate of drug-likeness (QED) is 0.820. The highest BCUT2D eigenvalue weighted by molar-refractivity contribution is 5.86. The lowest BCUT2D eigenvalue weighted by atomic mass is 10.4. The zero-order valence-electron chi connectivity index (χ0n) is 8.38. The van der Waals surface area contributed by atoms with E-state index in [1.807, 2.05) is 4.90 Å². The van der Waals surface area contributed by atoms with Crippen LogP contribution in [0, 0.1) is 0 Å². The lowest BCUT2D eigenvalue weighted by molar-refractivity contribution is 0.0690. The van der Waals surface area contributed by atoms with Crippen molar-refractivity contribution in [3.05, 3.63) is 12.0 Å². The Morgan fingerprint density at radius 2 is 2.06 bits per heavy atom. The highest BCUT2D eigenvalue weighted by Crippen LogP contribution is 2.13. The van der Waals surface area contributed by atoms with Gasteiger partial charge in [0.25, 0.3) is 6.01 Å². The molecule has 2 rings (SSSR count). The van der Waals surface area contributed by atoms with Gasteiger partial charge in [0.15, 0.2) is 5.69 Å². The first-order valence-corrected chi connectivity index (χ1v) is 4.42. The third-order valence-corrected chi connectivity index (χ3v) is 2.10. The largest absolute Gasteiger partial charge is 0.476 e. The number of nitrogens with one attached hydrogen (secondary N) is 1. The molecule has 1 saturated heterocycles. The minimum Gasteiger partial charge on any atom is -0.476 e. The predicted octanol–water partition coefficient (Wildman–Crippen LogP) is 0.626. The number of aromatic nitrogens is 1. The van der Waals surface area contributed by atoms with Crippen LogP contribution in [-0.4, -0.2) is 42.2 Å². The minimum atomic E-state index is -1.06. The Kier molecular flexibility index (Phi) is 6.17. The summed E-state index contributed by atoms with van der Waals surface area (Å²) in [4.78, 5) is 16.3. The van der Waals surface area contributed by atoms with Gasteiger partial charge in [-0.05, 0) is 0 Å². The summed E-state index contributed by atoms with van der Waals surface area (Å²) in [5.41, 5.74) is -0.0430. The summed E-state index contributed by atoms with van der Waals surface area (Å²) in [6.07, 6.45) is 1.17. The third kappa shape index (κ3) is 3.26. The van der Waals surface area contributed by atoms with E-state index in [0.29, 0.717) is 6.01 Å². The molecule has 0 radical (unpaired) electrons. The van der Waals surface area contributed by atoms with Crippen molar-refractivity contribution in [3.63, 3.8) is 0 Å². The molecule has 0 unspecified atom stereocenters. The topological polar surface area (TPSA) is 78.6 Å². The molecule has 2 heterocycles. The molecular weight excluding hydrogens is 257 g/mol. The molecule has 0 atom stereocenters. The molecule has 1 fully saturated rings. The Morgan fingerprint density at radius 3 is 2.56 bits per heavy atom. The van der Waals surface area contributed by atoms with Gasteiger partial charge in [-0.2, -0.15) is 4.98 Å². The molecule has 0 amide bonds. The maximum absolute atomic E-state index is 10.5. The van der Waals surface area contributed by atoms with E-state index in [1.165, 1.54) is 6.26 Å². The van der Waals surface area contributed by atoms with E-state index in [0.717, 1.165) is 26.2 Å². The summed E-state index contributed by atoms with van der Waals surface area (Å²) in [7, 11) is 0.